The van der Waals surface area contributed by atoms with Gasteiger partial charge in [0.05, 0.1) is 5.92 Å². The molecule has 188 valence electrons. The summed E-state index contributed by atoms with van der Waals surface area (Å²) in [6, 6.07) is 10.7. The number of aromatic amines is 1. The molecule has 2 saturated heterocycles. The Morgan fingerprint density at radius 3 is 2.50 bits per heavy atom. The van der Waals surface area contributed by atoms with Gasteiger partial charge in [-0.2, -0.15) is 15.4 Å². The number of hydrogen-bond donors (Lipinski definition) is 2. The standard InChI is InChI=1S/C25H26Cl2N6O3/c26-17-9-15(10-18(27)12-17)1-4-23(34)32-7-5-20(6-8-32)33-14-16(11-24(33)35)25(36)28-19-2-3-21-22(13-19)30-31-29-21/h2-3,9-10,12-13,16,20H,1,4-8,11,14H2,(H,28,36)(H,29,30,31). The van der Waals surface area contributed by atoms with Gasteiger partial charge >= 0.3 is 0 Å². The highest BCUT2D eigenvalue weighted by Crippen LogP contribution is 2.27. The average molecular weight is 529 g/mol. The summed E-state index contributed by atoms with van der Waals surface area (Å²) in [5, 5.41) is 14.6. The molecule has 36 heavy (non-hydrogen) atoms. The van der Waals surface area contributed by atoms with Gasteiger partial charge in [0.1, 0.15) is 11.0 Å². The van der Waals surface area contributed by atoms with Crippen LogP contribution in [-0.4, -0.2) is 68.6 Å². The van der Waals surface area contributed by atoms with E-state index in [9.17, 15) is 14.4 Å². The van der Waals surface area contributed by atoms with Crippen molar-refractivity contribution in [1.29, 1.82) is 0 Å². The van der Waals surface area contributed by atoms with Crippen molar-refractivity contribution >= 4 is 57.6 Å². The minimum absolute atomic E-state index is 0.00952. The first-order valence-corrected chi connectivity index (χ1v) is 12.7. The Kier molecular flexibility index (Phi) is 7.11. The van der Waals surface area contributed by atoms with Gasteiger partial charge in [-0.1, -0.05) is 23.2 Å². The molecule has 9 nitrogen and oxygen atoms in total. The molecule has 5 rings (SSSR count). The van der Waals surface area contributed by atoms with Crippen LogP contribution in [0, 0.1) is 5.92 Å². The fraction of sp³-hybridized carbons (Fsp3) is 0.400. The Morgan fingerprint density at radius 2 is 1.75 bits per heavy atom. The van der Waals surface area contributed by atoms with Crippen molar-refractivity contribution < 1.29 is 14.4 Å². The monoisotopic (exact) mass is 528 g/mol. The van der Waals surface area contributed by atoms with Crippen molar-refractivity contribution in [1.82, 2.24) is 25.2 Å². The number of halogens is 2. The van der Waals surface area contributed by atoms with Crippen LogP contribution in [0.15, 0.2) is 36.4 Å². The van der Waals surface area contributed by atoms with Gasteiger partial charge in [-0.05, 0) is 61.2 Å². The Bertz CT molecular complexity index is 1280. The Morgan fingerprint density at radius 1 is 1.03 bits per heavy atom. The van der Waals surface area contributed by atoms with Crippen molar-refractivity contribution in [2.45, 2.75) is 38.1 Å². The van der Waals surface area contributed by atoms with Gasteiger partial charge in [-0.25, -0.2) is 0 Å². The second-order valence-corrected chi connectivity index (χ2v) is 10.2. The van der Waals surface area contributed by atoms with Crippen LogP contribution in [0.2, 0.25) is 10.0 Å². The molecule has 2 fully saturated rings. The van der Waals surface area contributed by atoms with Gasteiger partial charge in [0, 0.05) is 54.3 Å². The van der Waals surface area contributed by atoms with E-state index < -0.39 is 5.92 Å². The summed E-state index contributed by atoms with van der Waals surface area (Å²) in [5.74, 6) is -0.513. The molecule has 0 radical (unpaired) electrons. The first kappa shape index (κ1) is 24.5. The van der Waals surface area contributed by atoms with Crippen molar-refractivity contribution in [3.05, 3.63) is 52.0 Å². The highest BCUT2D eigenvalue weighted by atomic mass is 35.5. The number of aromatic nitrogens is 3. The van der Waals surface area contributed by atoms with E-state index in [1.165, 1.54) is 0 Å². The molecule has 0 bridgehead atoms. The maximum Gasteiger partial charge on any atom is 0.229 e. The van der Waals surface area contributed by atoms with Crippen LogP contribution in [0.25, 0.3) is 11.0 Å². The first-order chi connectivity index (χ1) is 17.4. The zero-order valence-electron chi connectivity index (χ0n) is 19.5. The zero-order chi connectivity index (χ0) is 25.2. The van der Waals surface area contributed by atoms with Crippen LogP contribution >= 0.6 is 23.2 Å². The van der Waals surface area contributed by atoms with E-state index in [0.717, 1.165) is 5.56 Å². The highest BCUT2D eigenvalue weighted by Gasteiger charge is 2.39. The highest BCUT2D eigenvalue weighted by molar-refractivity contribution is 6.34. The average Bonchev–Trinajstić information content (AvgIpc) is 3.48. The Labute approximate surface area is 218 Å². The van der Waals surface area contributed by atoms with Crippen LogP contribution in [-0.2, 0) is 20.8 Å². The van der Waals surface area contributed by atoms with E-state index in [0.29, 0.717) is 72.1 Å². The molecule has 2 aliphatic heterocycles. The third-order valence-corrected chi connectivity index (χ3v) is 7.36. The number of carbonyl (C=O) groups is 3. The number of piperidine rings is 1. The number of H-pyrrole nitrogens is 1. The van der Waals surface area contributed by atoms with Crippen LogP contribution in [0.4, 0.5) is 5.69 Å². The van der Waals surface area contributed by atoms with Gasteiger partial charge in [0.25, 0.3) is 0 Å². The van der Waals surface area contributed by atoms with Crippen LogP contribution in [0.5, 0.6) is 0 Å². The molecule has 2 aromatic carbocycles. The summed E-state index contributed by atoms with van der Waals surface area (Å²) in [6.45, 7) is 1.58. The van der Waals surface area contributed by atoms with E-state index in [4.69, 9.17) is 23.2 Å². The Hall–Kier alpha value is -3.17. The third kappa shape index (κ3) is 5.47. The fourth-order valence-electron chi connectivity index (χ4n) is 5.01. The van der Waals surface area contributed by atoms with Gasteiger partial charge in [0.15, 0.2) is 0 Å². The number of carbonyl (C=O) groups excluding carboxylic acids is 3. The summed E-state index contributed by atoms with van der Waals surface area (Å²) < 4.78 is 0. The predicted octanol–water partition coefficient (Wildman–Crippen LogP) is 3.68. The quantitative estimate of drug-likeness (QED) is 0.506. The number of fused-ring (bicyclic) bond motifs is 1. The summed E-state index contributed by atoms with van der Waals surface area (Å²) in [4.78, 5) is 42.0. The number of nitrogens with zero attached hydrogens (tertiary/aromatic N) is 4. The third-order valence-electron chi connectivity index (χ3n) is 6.92. The molecule has 3 heterocycles. The topological polar surface area (TPSA) is 111 Å². The molecular weight excluding hydrogens is 503 g/mol. The summed E-state index contributed by atoms with van der Waals surface area (Å²) in [7, 11) is 0. The SMILES string of the molecule is O=C(Nc1ccc2n[nH]nc2c1)C1CC(=O)N(C2CCN(C(=O)CCc3cc(Cl)cc(Cl)c3)CC2)C1. The Balaban J connectivity index is 1.10. The molecule has 0 aliphatic carbocycles. The van der Waals surface area contributed by atoms with Gasteiger partial charge in [0.2, 0.25) is 17.7 Å². The lowest BCUT2D eigenvalue weighted by atomic mass is 10.0. The summed E-state index contributed by atoms with van der Waals surface area (Å²) >= 11 is 12.1. The lowest BCUT2D eigenvalue weighted by molar-refractivity contribution is -0.134. The zero-order valence-corrected chi connectivity index (χ0v) is 21.1. The number of hydrogen-bond acceptors (Lipinski definition) is 5. The van der Waals surface area contributed by atoms with Crippen molar-refractivity contribution in [2.75, 3.05) is 25.0 Å². The largest absolute Gasteiger partial charge is 0.343 e. The second kappa shape index (κ2) is 10.4. The summed E-state index contributed by atoms with van der Waals surface area (Å²) in [6.07, 6.45) is 2.56. The van der Waals surface area contributed by atoms with Crippen LogP contribution in [0.1, 0.15) is 31.2 Å². The first-order valence-electron chi connectivity index (χ1n) is 12.0. The molecule has 1 unspecified atom stereocenters. The molecule has 11 heteroatoms. The van der Waals surface area contributed by atoms with Gasteiger partial charge in [-0.3, -0.25) is 14.4 Å². The number of amides is 3. The molecule has 1 atom stereocenters. The fourth-order valence-corrected chi connectivity index (χ4v) is 5.59. The number of benzene rings is 2. The van der Waals surface area contributed by atoms with Crippen LogP contribution in [0.3, 0.4) is 0 Å². The molecular formula is C25H26Cl2N6O3. The number of nitrogens with one attached hydrogen (secondary N) is 2. The maximum absolute atomic E-state index is 12.8. The van der Waals surface area contributed by atoms with E-state index in [1.54, 1.807) is 24.3 Å². The second-order valence-electron chi connectivity index (χ2n) is 9.35. The van der Waals surface area contributed by atoms with Crippen molar-refractivity contribution in [3.63, 3.8) is 0 Å². The molecule has 2 N–H and O–H groups in total. The lowest BCUT2D eigenvalue weighted by Gasteiger charge is -2.37. The smallest absolute Gasteiger partial charge is 0.229 e. The van der Waals surface area contributed by atoms with Gasteiger partial charge in [-0.15, -0.1) is 0 Å². The molecule has 2 aliphatic rings. The molecule has 0 saturated carbocycles. The summed E-state index contributed by atoms with van der Waals surface area (Å²) in [5.41, 5.74) is 2.94. The minimum Gasteiger partial charge on any atom is -0.343 e. The number of anilines is 1. The number of aryl methyl sites for hydroxylation is 1. The van der Waals surface area contributed by atoms with E-state index >= 15 is 0 Å². The van der Waals surface area contributed by atoms with E-state index in [1.807, 2.05) is 21.9 Å². The number of rotatable bonds is 6. The molecule has 3 amide bonds. The van der Waals surface area contributed by atoms with E-state index in [-0.39, 0.29) is 30.2 Å². The molecule has 3 aromatic rings. The van der Waals surface area contributed by atoms with Crippen LogP contribution < -0.4 is 5.32 Å². The van der Waals surface area contributed by atoms with E-state index in [2.05, 4.69) is 20.7 Å². The number of likely N-dealkylation sites (tertiary alicyclic amines) is 2. The maximum atomic E-state index is 12.8. The van der Waals surface area contributed by atoms with Crippen molar-refractivity contribution in [2.24, 2.45) is 5.92 Å². The van der Waals surface area contributed by atoms with Gasteiger partial charge < -0.3 is 15.1 Å². The normalized spacial score (nSPS) is 18.7. The minimum atomic E-state index is -0.408. The predicted molar refractivity (Wildman–Crippen MR) is 137 cm³/mol. The molecule has 0 spiro atoms. The van der Waals surface area contributed by atoms with Crippen molar-refractivity contribution in [3.8, 4) is 0 Å². The molecule has 1 aromatic heterocycles. The lowest BCUT2D eigenvalue weighted by Crippen LogP contribution is -2.47.